The molecule has 4 bridgehead atoms. The van der Waals surface area contributed by atoms with Crippen LogP contribution in [0.3, 0.4) is 0 Å². The lowest BCUT2D eigenvalue weighted by molar-refractivity contribution is -0.172. The molecule has 2 aliphatic carbocycles. The summed E-state index contributed by atoms with van der Waals surface area (Å²) < 4.78 is 42.7. The lowest BCUT2D eigenvalue weighted by Crippen LogP contribution is -2.49. The highest BCUT2D eigenvalue weighted by molar-refractivity contribution is 5.85. The van der Waals surface area contributed by atoms with Crippen molar-refractivity contribution in [2.24, 2.45) is 0 Å². The average Bonchev–Trinajstić information content (AvgIpc) is 3.36. The van der Waals surface area contributed by atoms with Crippen molar-refractivity contribution >= 4 is 18.1 Å². The summed E-state index contributed by atoms with van der Waals surface area (Å²) in [5.41, 5.74) is -2.65. The summed E-state index contributed by atoms with van der Waals surface area (Å²) >= 11 is 0. The van der Waals surface area contributed by atoms with Crippen LogP contribution in [0.1, 0.15) is 53.4 Å². The number of carbonyl (C=O) groups excluding carboxylic acids is 3. The SMILES string of the molecule is CC1(C)O[C@H]2[C@H]3C[C@@](O)(C[C@H]2O1)C(=O)O3.COC(=O)O[C@@]12C[C@@H](OC1=O)[C@@H]1OC(C)(C)O[C@@H]1C2. The van der Waals surface area contributed by atoms with Crippen LogP contribution in [0.5, 0.6) is 0 Å². The van der Waals surface area contributed by atoms with E-state index in [4.69, 9.17) is 33.2 Å². The third-order valence-electron chi connectivity index (χ3n) is 7.03. The van der Waals surface area contributed by atoms with E-state index in [1.807, 2.05) is 13.8 Å². The van der Waals surface area contributed by atoms with Gasteiger partial charge < -0.3 is 43.0 Å². The van der Waals surface area contributed by atoms with Gasteiger partial charge >= 0.3 is 18.1 Å². The lowest BCUT2D eigenvalue weighted by Gasteiger charge is -2.32. The van der Waals surface area contributed by atoms with E-state index in [9.17, 15) is 19.5 Å². The predicted octanol–water partition coefficient (Wildman–Crippen LogP) is 0.704. The Balaban J connectivity index is 0.000000145. The third-order valence-corrected chi connectivity index (χ3v) is 7.03. The molecule has 4 saturated heterocycles. The van der Waals surface area contributed by atoms with E-state index in [0.717, 1.165) is 0 Å². The molecule has 0 unspecified atom stereocenters. The summed E-state index contributed by atoms with van der Waals surface area (Å²) in [6.45, 7) is 7.25. The number of esters is 2. The fourth-order valence-electron chi connectivity index (χ4n) is 5.76. The van der Waals surface area contributed by atoms with Crippen LogP contribution in [0.25, 0.3) is 0 Å². The maximum atomic E-state index is 12.0. The van der Waals surface area contributed by atoms with Crippen molar-refractivity contribution in [1.82, 2.24) is 0 Å². The number of hydrogen-bond donors (Lipinski definition) is 1. The molecule has 0 aromatic rings. The molecule has 4 heterocycles. The second-order valence-corrected chi connectivity index (χ2v) is 10.6. The third kappa shape index (κ3) is 3.85. The van der Waals surface area contributed by atoms with Gasteiger partial charge in [-0.15, -0.1) is 0 Å². The molecule has 0 radical (unpaired) electrons. The Bertz CT molecular complexity index is 900. The van der Waals surface area contributed by atoms with E-state index >= 15 is 0 Å². The first kappa shape index (κ1) is 23.7. The second-order valence-electron chi connectivity index (χ2n) is 10.6. The second kappa shape index (κ2) is 7.50. The first-order chi connectivity index (χ1) is 15.7. The molecule has 6 fully saturated rings. The molecule has 1 N–H and O–H groups in total. The summed E-state index contributed by atoms with van der Waals surface area (Å²) in [5, 5.41) is 10.00. The molecule has 34 heavy (non-hydrogen) atoms. The Morgan fingerprint density at radius 2 is 1.26 bits per heavy atom. The molecule has 8 atom stereocenters. The van der Waals surface area contributed by atoms with Gasteiger partial charge in [0.1, 0.15) is 24.4 Å². The normalized spacial score (nSPS) is 46.4. The Labute approximate surface area is 196 Å². The monoisotopic (exact) mass is 486 g/mol. The van der Waals surface area contributed by atoms with Gasteiger partial charge in [-0.3, -0.25) is 0 Å². The molecule has 12 heteroatoms. The van der Waals surface area contributed by atoms with Crippen LogP contribution < -0.4 is 0 Å². The van der Waals surface area contributed by atoms with Crippen molar-refractivity contribution in [3.63, 3.8) is 0 Å². The molecule has 0 aromatic carbocycles. The van der Waals surface area contributed by atoms with Crippen molar-refractivity contribution in [2.75, 3.05) is 7.11 Å². The van der Waals surface area contributed by atoms with Gasteiger partial charge in [0, 0.05) is 25.7 Å². The number of ether oxygens (including phenoxy) is 8. The molecule has 6 rings (SSSR count). The highest BCUT2D eigenvalue weighted by atomic mass is 16.8. The minimum absolute atomic E-state index is 0.228. The first-order valence-corrected chi connectivity index (χ1v) is 11.4. The predicted molar refractivity (Wildman–Crippen MR) is 107 cm³/mol. The van der Waals surface area contributed by atoms with Crippen LogP contribution in [0.4, 0.5) is 4.79 Å². The summed E-state index contributed by atoms with van der Waals surface area (Å²) in [7, 11) is 1.20. The molecule has 0 amide bonds. The Kier molecular flexibility index (Phi) is 5.24. The minimum atomic E-state index is -1.35. The molecule has 0 aromatic heterocycles. The van der Waals surface area contributed by atoms with E-state index in [1.54, 1.807) is 13.8 Å². The summed E-state index contributed by atoms with van der Waals surface area (Å²) in [4.78, 5) is 34.6. The molecular weight excluding hydrogens is 456 g/mol. The molecule has 190 valence electrons. The largest absolute Gasteiger partial charge is 0.509 e. The number of methoxy groups -OCH3 is 1. The van der Waals surface area contributed by atoms with Crippen molar-refractivity contribution in [3.05, 3.63) is 0 Å². The van der Waals surface area contributed by atoms with E-state index in [1.165, 1.54) is 7.11 Å². The van der Waals surface area contributed by atoms with Gasteiger partial charge in [0.2, 0.25) is 5.60 Å². The Morgan fingerprint density at radius 3 is 1.85 bits per heavy atom. The van der Waals surface area contributed by atoms with Gasteiger partial charge in [0.15, 0.2) is 17.2 Å². The number of carbonyl (C=O) groups is 3. The quantitative estimate of drug-likeness (QED) is 0.411. The fraction of sp³-hybridized carbons (Fsp3) is 0.864. The van der Waals surface area contributed by atoms with E-state index in [0.29, 0.717) is 6.42 Å². The standard InChI is InChI=1S/C12H16O7.C10H14O5/c1-11(2)17-7-5-12(19-10(14)15-3)4-6(8(7)18-11)16-9(12)13;1-9(2)14-6-4-10(12)3-5(7(6)15-9)13-8(10)11/h6-8H,4-5H2,1-3H3;5-7,12H,3-4H2,1-2H3/t6-,7-,8+,12-;5-,6-,7+,10-/m11/s1. The Morgan fingerprint density at radius 1 is 0.794 bits per heavy atom. The van der Waals surface area contributed by atoms with Crippen LogP contribution in [0.2, 0.25) is 0 Å². The molecule has 2 saturated carbocycles. The molecule has 12 nitrogen and oxygen atoms in total. The first-order valence-electron chi connectivity index (χ1n) is 11.4. The topological polar surface area (TPSA) is 145 Å². The number of aliphatic hydroxyl groups is 1. The minimum Gasteiger partial charge on any atom is -0.457 e. The highest BCUT2D eigenvalue weighted by Crippen LogP contribution is 2.48. The van der Waals surface area contributed by atoms with Crippen molar-refractivity contribution in [2.45, 2.75) is 113 Å². The summed E-state index contributed by atoms with van der Waals surface area (Å²) in [5.74, 6) is -2.46. The van der Waals surface area contributed by atoms with E-state index in [-0.39, 0.29) is 49.8 Å². The van der Waals surface area contributed by atoms with Gasteiger partial charge in [-0.05, 0) is 27.7 Å². The number of rotatable bonds is 1. The summed E-state index contributed by atoms with van der Waals surface area (Å²) in [6, 6.07) is 0. The maximum Gasteiger partial charge on any atom is 0.509 e. The molecule has 6 aliphatic rings. The zero-order chi connectivity index (χ0) is 24.7. The van der Waals surface area contributed by atoms with Crippen LogP contribution in [-0.4, -0.2) is 89.7 Å². The molecule has 0 spiro atoms. The van der Waals surface area contributed by atoms with Gasteiger partial charge in [-0.2, -0.15) is 0 Å². The van der Waals surface area contributed by atoms with Crippen molar-refractivity contribution in [3.8, 4) is 0 Å². The lowest BCUT2D eigenvalue weighted by atomic mass is 9.82. The smallest absolute Gasteiger partial charge is 0.457 e. The van der Waals surface area contributed by atoms with Crippen LogP contribution in [0, 0.1) is 0 Å². The zero-order valence-electron chi connectivity index (χ0n) is 19.7. The van der Waals surface area contributed by atoms with Crippen LogP contribution in [-0.2, 0) is 47.5 Å². The molecule has 4 aliphatic heterocycles. The van der Waals surface area contributed by atoms with Crippen LogP contribution in [0.15, 0.2) is 0 Å². The zero-order valence-corrected chi connectivity index (χ0v) is 19.7. The van der Waals surface area contributed by atoms with Gasteiger partial charge in [0.05, 0.1) is 19.3 Å². The van der Waals surface area contributed by atoms with Crippen molar-refractivity contribution in [1.29, 1.82) is 0 Å². The number of hydrogen-bond acceptors (Lipinski definition) is 12. The summed E-state index contributed by atoms with van der Waals surface area (Å²) in [6.07, 6.45) is -1.70. The van der Waals surface area contributed by atoms with Gasteiger partial charge in [0.25, 0.3) is 0 Å². The van der Waals surface area contributed by atoms with Crippen LogP contribution >= 0.6 is 0 Å². The van der Waals surface area contributed by atoms with E-state index < -0.39 is 47.0 Å². The van der Waals surface area contributed by atoms with Gasteiger partial charge in [-0.1, -0.05) is 0 Å². The maximum absolute atomic E-state index is 12.0. The Hall–Kier alpha value is -1.99. The highest BCUT2D eigenvalue weighted by Gasteiger charge is 2.65. The van der Waals surface area contributed by atoms with Crippen molar-refractivity contribution < 1.29 is 57.4 Å². The number of fused-ring (bicyclic) bond motifs is 8. The molecular formula is C22H30O12. The average molecular weight is 486 g/mol. The fourth-order valence-corrected chi connectivity index (χ4v) is 5.76. The van der Waals surface area contributed by atoms with Gasteiger partial charge in [-0.25, -0.2) is 14.4 Å². The van der Waals surface area contributed by atoms with E-state index in [2.05, 4.69) is 4.74 Å².